The molecule has 0 bridgehead atoms. The molecule has 9 nitrogen and oxygen atoms in total. The smallest absolute Gasteiger partial charge is 0.124 e. The van der Waals surface area contributed by atoms with Crippen LogP contribution in [0.2, 0.25) is 0 Å². The third kappa shape index (κ3) is 5.78. The number of likely N-dealkylation sites (N-methyl/N-ethyl adjacent to an activating group) is 1. The Bertz CT molecular complexity index is 1220. The fraction of sp³-hybridized carbons (Fsp3) is 0.464. The molecule has 1 atom stereocenters. The lowest BCUT2D eigenvalue weighted by molar-refractivity contribution is 0.192. The van der Waals surface area contributed by atoms with E-state index in [0.717, 1.165) is 91.7 Å². The van der Waals surface area contributed by atoms with Gasteiger partial charge < -0.3 is 25.0 Å². The van der Waals surface area contributed by atoms with Gasteiger partial charge in [0.2, 0.25) is 0 Å². The highest BCUT2D eigenvalue weighted by atomic mass is 16.5. The Morgan fingerprint density at radius 1 is 1.00 bits per heavy atom. The number of methoxy groups -OCH3 is 2. The van der Waals surface area contributed by atoms with Crippen molar-refractivity contribution in [3.8, 4) is 11.5 Å². The van der Waals surface area contributed by atoms with Crippen molar-refractivity contribution in [3.63, 3.8) is 0 Å². The third-order valence-corrected chi connectivity index (χ3v) is 7.47. The van der Waals surface area contributed by atoms with Crippen LogP contribution >= 0.6 is 0 Å². The molecule has 2 aliphatic rings. The monoisotopic (exact) mass is 503 g/mol. The van der Waals surface area contributed by atoms with E-state index < -0.39 is 0 Å². The van der Waals surface area contributed by atoms with Crippen molar-refractivity contribution in [2.45, 2.75) is 18.8 Å². The molecule has 0 amide bonds. The molecule has 9 heteroatoms. The van der Waals surface area contributed by atoms with Gasteiger partial charge in [0.25, 0.3) is 0 Å². The molecular formula is C28H37N7O2. The zero-order valence-corrected chi connectivity index (χ0v) is 22.0. The van der Waals surface area contributed by atoms with Gasteiger partial charge in [0.1, 0.15) is 11.5 Å². The number of hydrogen-bond acceptors (Lipinski definition) is 9. The topological polar surface area (TPSA) is 92.3 Å². The van der Waals surface area contributed by atoms with Crippen LogP contribution in [0, 0.1) is 5.92 Å². The number of hydrazone groups is 1. The van der Waals surface area contributed by atoms with E-state index >= 15 is 0 Å². The summed E-state index contributed by atoms with van der Waals surface area (Å²) in [4.78, 5) is 14.5. The first-order valence-electron chi connectivity index (χ1n) is 13.0. The first kappa shape index (κ1) is 25.2. The summed E-state index contributed by atoms with van der Waals surface area (Å²) < 4.78 is 11.2. The second-order valence-corrected chi connectivity index (χ2v) is 9.92. The van der Waals surface area contributed by atoms with Crippen LogP contribution in [0.5, 0.6) is 11.5 Å². The van der Waals surface area contributed by atoms with E-state index in [2.05, 4.69) is 39.2 Å². The summed E-state index contributed by atoms with van der Waals surface area (Å²) in [5, 5.41) is 6.30. The van der Waals surface area contributed by atoms with Crippen molar-refractivity contribution in [3.05, 3.63) is 48.3 Å². The van der Waals surface area contributed by atoms with Crippen LogP contribution in [0.15, 0.2) is 47.7 Å². The second-order valence-electron chi connectivity index (χ2n) is 9.92. The molecule has 1 unspecified atom stereocenters. The number of rotatable bonds is 9. The summed E-state index contributed by atoms with van der Waals surface area (Å²) in [5.74, 6) is 2.32. The number of ether oxygens (including phenoxy) is 2. The number of likely N-dealkylation sites (tertiary alicyclic amines) is 1. The average Bonchev–Trinajstić information content (AvgIpc) is 3.39. The van der Waals surface area contributed by atoms with Gasteiger partial charge in [-0.1, -0.05) is 0 Å². The standard InChI is InChI=1S/C28H37N7O2/c1-33-19-21(17-31-33)28-18-30-26-5-4-22(14-27(26)32-28)35(11-10-34-8-6-20(16-29)7-9-34)23-12-24(36-2)15-25(13-23)37-3/h4-5,12-15,17-18,20-21H,6-11,16,19,29H2,1-3H3. The highest BCUT2D eigenvalue weighted by Crippen LogP contribution is 2.34. The Balaban J connectivity index is 1.46. The summed E-state index contributed by atoms with van der Waals surface area (Å²) >= 11 is 0. The van der Waals surface area contributed by atoms with E-state index in [-0.39, 0.29) is 5.92 Å². The Hall–Kier alpha value is -3.43. The normalized spacial score (nSPS) is 18.5. The molecule has 37 heavy (non-hydrogen) atoms. The first-order valence-corrected chi connectivity index (χ1v) is 13.0. The van der Waals surface area contributed by atoms with Crippen LogP contribution in [0.1, 0.15) is 24.5 Å². The van der Waals surface area contributed by atoms with E-state index in [4.69, 9.17) is 25.2 Å². The SMILES string of the molecule is COc1cc(OC)cc(N(CCN2CCC(CN)CC2)c2ccc3ncc(C4C=NN(C)C4)nc3c2)c1. The van der Waals surface area contributed by atoms with Gasteiger partial charge in [-0.05, 0) is 56.6 Å². The molecule has 2 N–H and O–H groups in total. The van der Waals surface area contributed by atoms with Crippen molar-refractivity contribution in [2.24, 2.45) is 16.8 Å². The summed E-state index contributed by atoms with van der Waals surface area (Å²) in [6.45, 7) is 5.54. The molecule has 0 spiro atoms. The number of hydrogen-bond donors (Lipinski definition) is 1. The van der Waals surface area contributed by atoms with Crippen LogP contribution < -0.4 is 20.1 Å². The predicted octanol–water partition coefficient (Wildman–Crippen LogP) is 3.47. The van der Waals surface area contributed by atoms with Crippen molar-refractivity contribution in [2.75, 3.05) is 65.4 Å². The highest BCUT2D eigenvalue weighted by molar-refractivity contribution is 5.82. The Morgan fingerprint density at radius 3 is 2.41 bits per heavy atom. The Labute approximate surface area is 218 Å². The number of anilines is 2. The fourth-order valence-corrected chi connectivity index (χ4v) is 5.15. The summed E-state index contributed by atoms with van der Waals surface area (Å²) in [6.07, 6.45) is 6.14. The summed E-state index contributed by atoms with van der Waals surface area (Å²) in [7, 11) is 5.34. The molecule has 3 heterocycles. The molecule has 1 aromatic heterocycles. The maximum Gasteiger partial charge on any atom is 0.124 e. The summed E-state index contributed by atoms with van der Waals surface area (Å²) in [6, 6.07) is 12.3. The van der Waals surface area contributed by atoms with Crippen molar-refractivity contribution < 1.29 is 9.47 Å². The molecule has 1 saturated heterocycles. The van der Waals surface area contributed by atoms with E-state index in [1.165, 1.54) is 0 Å². The van der Waals surface area contributed by atoms with Crippen LogP contribution in [-0.4, -0.2) is 86.6 Å². The fourth-order valence-electron chi connectivity index (χ4n) is 5.15. The number of fused-ring (bicyclic) bond motifs is 1. The zero-order chi connectivity index (χ0) is 25.8. The lowest BCUT2D eigenvalue weighted by atomic mass is 9.97. The van der Waals surface area contributed by atoms with Gasteiger partial charge in [0, 0.05) is 68.7 Å². The minimum Gasteiger partial charge on any atom is -0.497 e. The predicted molar refractivity (Wildman–Crippen MR) is 148 cm³/mol. The largest absolute Gasteiger partial charge is 0.497 e. The lowest BCUT2D eigenvalue weighted by Gasteiger charge is -2.34. The van der Waals surface area contributed by atoms with E-state index in [1.807, 2.05) is 36.6 Å². The van der Waals surface area contributed by atoms with E-state index in [1.54, 1.807) is 14.2 Å². The number of benzene rings is 2. The third-order valence-electron chi connectivity index (χ3n) is 7.47. The molecule has 0 aliphatic carbocycles. The van der Waals surface area contributed by atoms with Crippen LogP contribution in [0.3, 0.4) is 0 Å². The molecule has 2 aromatic carbocycles. The molecule has 3 aromatic rings. The maximum atomic E-state index is 5.91. The minimum atomic E-state index is 0.153. The average molecular weight is 504 g/mol. The second kappa shape index (κ2) is 11.3. The van der Waals surface area contributed by atoms with Gasteiger partial charge in [-0.3, -0.25) is 9.99 Å². The van der Waals surface area contributed by atoms with Gasteiger partial charge in [-0.2, -0.15) is 5.10 Å². The highest BCUT2D eigenvalue weighted by Gasteiger charge is 2.21. The first-order chi connectivity index (χ1) is 18.1. The quantitative estimate of drug-likeness (QED) is 0.475. The lowest BCUT2D eigenvalue weighted by Crippen LogP contribution is -2.40. The molecule has 0 radical (unpaired) electrons. The van der Waals surface area contributed by atoms with E-state index in [9.17, 15) is 0 Å². The number of aromatic nitrogens is 2. The van der Waals surface area contributed by atoms with Gasteiger partial charge in [0.05, 0.1) is 36.9 Å². The van der Waals surface area contributed by atoms with Gasteiger partial charge >= 0.3 is 0 Å². The molecule has 5 rings (SSSR count). The van der Waals surface area contributed by atoms with Gasteiger partial charge in [-0.15, -0.1) is 0 Å². The molecule has 2 aliphatic heterocycles. The minimum absolute atomic E-state index is 0.153. The molecule has 1 fully saturated rings. The van der Waals surface area contributed by atoms with Gasteiger partial charge in [0.15, 0.2) is 0 Å². The van der Waals surface area contributed by atoms with Crippen molar-refractivity contribution >= 4 is 28.6 Å². The van der Waals surface area contributed by atoms with Crippen LogP contribution in [0.4, 0.5) is 11.4 Å². The number of piperidine rings is 1. The molecular weight excluding hydrogens is 466 g/mol. The maximum absolute atomic E-state index is 5.91. The van der Waals surface area contributed by atoms with Gasteiger partial charge in [-0.25, -0.2) is 4.98 Å². The Morgan fingerprint density at radius 2 is 1.76 bits per heavy atom. The Kier molecular flexibility index (Phi) is 7.71. The van der Waals surface area contributed by atoms with Crippen LogP contribution in [-0.2, 0) is 0 Å². The number of nitrogens with zero attached hydrogens (tertiary/aromatic N) is 6. The van der Waals surface area contributed by atoms with E-state index in [0.29, 0.717) is 5.92 Å². The number of nitrogens with two attached hydrogens (primary N) is 1. The zero-order valence-electron chi connectivity index (χ0n) is 22.0. The summed E-state index contributed by atoms with van der Waals surface area (Å²) in [5.41, 5.74) is 10.7. The van der Waals surface area contributed by atoms with Crippen molar-refractivity contribution in [1.82, 2.24) is 19.9 Å². The van der Waals surface area contributed by atoms with Crippen molar-refractivity contribution in [1.29, 1.82) is 0 Å². The van der Waals surface area contributed by atoms with Crippen LogP contribution in [0.25, 0.3) is 11.0 Å². The molecule has 0 saturated carbocycles. The molecule has 196 valence electrons.